The largest absolute Gasteiger partial charge is 0.322 e. The van der Waals surface area contributed by atoms with Crippen molar-refractivity contribution in [2.24, 2.45) is 0 Å². The van der Waals surface area contributed by atoms with Crippen molar-refractivity contribution in [2.45, 2.75) is 11.9 Å². The van der Waals surface area contributed by atoms with Crippen molar-refractivity contribution in [1.82, 2.24) is 10.2 Å². The number of nitrogens with zero attached hydrogens (tertiary/aromatic N) is 2. The molecule has 0 atom stereocenters. The summed E-state index contributed by atoms with van der Waals surface area (Å²) in [6.45, 7) is 1.96. The fraction of sp³-hybridized carbons (Fsp3) is 0.105. The van der Waals surface area contributed by atoms with Gasteiger partial charge in [0.1, 0.15) is 0 Å². The van der Waals surface area contributed by atoms with Gasteiger partial charge in [0.05, 0.1) is 5.69 Å². The van der Waals surface area contributed by atoms with E-state index in [1.54, 1.807) is 36.4 Å². The Kier molecular flexibility index (Phi) is 4.81. The molecule has 1 heterocycles. The summed E-state index contributed by atoms with van der Waals surface area (Å²) in [7, 11) is -3.39. The van der Waals surface area contributed by atoms with Crippen molar-refractivity contribution < 1.29 is 13.2 Å². The van der Waals surface area contributed by atoms with E-state index in [0.717, 1.165) is 17.4 Å². The molecule has 6 nitrogen and oxygen atoms in total. The lowest BCUT2D eigenvalue weighted by Crippen LogP contribution is -2.11. The van der Waals surface area contributed by atoms with Crippen LogP contribution >= 0.6 is 0 Å². The molecule has 26 heavy (non-hydrogen) atoms. The average molecular weight is 367 g/mol. The molecule has 0 saturated carbocycles. The van der Waals surface area contributed by atoms with Crippen LogP contribution in [0.3, 0.4) is 0 Å². The maximum Gasteiger partial charge on any atom is 0.255 e. The molecule has 3 aromatic rings. The standard InChI is InChI=1S/C19H17N3O3S/c1-13-6-8-14(9-7-13)19(23)20-16-5-3-4-15(12-16)17-10-11-18(22-21-17)26(2,24)25/h3-12H,1-2H3,(H,20,23). The van der Waals surface area contributed by atoms with E-state index in [2.05, 4.69) is 15.5 Å². The van der Waals surface area contributed by atoms with E-state index < -0.39 is 9.84 Å². The predicted octanol–water partition coefficient (Wildman–Crippen LogP) is 3.11. The first kappa shape index (κ1) is 17.8. The second-order valence-corrected chi connectivity index (χ2v) is 7.89. The summed E-state index contributed by atoms with van der Waals surface area (Å²) in [5, 5.41) is 10.5. The summed E-state index contributed by atoms with van der Waals surface area (Å²) < 4.78 is 22.9. The predicted molar refractivity (Wildman–Crippen MR) is 99.7 cm³/mol. The van der Waals surface area contributed by atoms with E-state index in [1.807, 2.05) is 25.1 Å². The normalized spacial score (nSPS) is 11.2. The summed E-state index contributed by atoms with van der Waals surface area (Å²) >= 11 is 0. The summed E-state index contributed by atoms with van der Waals surface area (Å²) in [5.74, 6) is -0.208. The molecule has 0 radical (unpaired) electrons. The molecule has 0 spiro atoms. The number of nitrogens with one attached hydrogen (secondary N) is 1. The Hall–Kier alpha value is -3.06. The van der Waals surface area contributed by atoms with Gasteiger partial charge in [0.15, 0.2) is 14.9 Å². The molecule has 1 aromatic heterocycles. The monoisotopic (exact) mass is 367 g/mol. The zero-order valence-corrected chi connectivity index (χ0v) is 15.1. The number of carbonyl (C=O) groups excluding carboxylic acids is 1. The summed E-state index contributed by atoms with van der Waals surface area (Å²) in [5.41, 5.74) is 3.50. The number of rotatable bonds is 4. The third-order valence-corrected chi connectivity index (χ3v) is 4.73. The van der Waals surface area contributed by atoms with Gasteiger partial charge >= 0.3 is 0 Å². The number of aryl methyl sites for hydroxylation is 1. The lowest BCUT2D eigenvalue weighted by molar-refractivity contribution is 0.102. The lowest BCUT2D eigenvalue weighted by Gasteiger charge is -2.08. The minimum atomic E-state index is -3.39. The fourth-order valence-corrected chi connectivity index (χ4v) is 2.84. The Bertz CT molecular complexity index is 1040. The van der Waals surface area contributed by atoms with Crippen LogP contribution < -0.4 is 5.32 Å². The minimum absolute atomic E-state index is 0.0786. The van der Waals surface area contributed by atoms with Crippen molar-refractivity contribution in [3.63, 3.8) is 0 Å². The molecule has 0 saturated heterocycles. The van der Waals surface area contributed by atoms with Crippen LogP contribution in [0.2, 0.25) is 0 Å². The first-order valence-corrected chi connectivity index (χ1v) is 9.74. The van der Waals surface area contributed by atoms with Crippen LogP contribution in [0, 0.1) is 6.92 Å². The molecule has 7 heteroatoms. The van der Waals surface area contributed by atoms with Crippen LogP contribution in [0.5, 0.6) is 0 Å². The van der Waals surface area contributed by atoms with Gasteiger partial charge in [0.2, 0.25) is 0 Å². The maximum atomic E-state index is 12.3. The SMILES string of the molecule is Cc1ccc(C(=O)Nc2cccc(-c3ccc(S(C)(=O)=O)nn3)c2)cc1. The van der Waals surface area contributed by atoms with Crippen LogP contribution in [0.15, 0.2) is 65.7 Å². The minimum Gasteiger partial charge on any atom is -0.322 e. The Labute approximate surface area is 151 Å². The van der Waals surface area contributed by atoms with Gasteiger partial charge in [-0.3, -0.25) is 4.79 Å². The Morgan fingerprint density at radius 1 is 0.962 bits per heavy atom. The molecule has 0 aliphatic carbocycles. The van der Waals surface area contributed by atoms with Crippen molar-refractivity contribution in [1.29, 1.82) is 0 Å². The number of hydrogen-bond donors (Lipinski definition) is 1. The van der Waals surface area contributed by atoms with Gasteiger partial charge < -0.3 is 5.32 Å². The van der Waals surface area contributed by atoms with E-state index in [-0.39, 0.29) is 10.9 Å². The highest BCUT2D eigenvalue weighted by atomic mass is 32.2. The van der Waals surface area contributed by atoms with Gasteiger partial charge in [-0.2, -0.15) is 0 Å². The first-order chi connectivity index (χ1) is 12.3. The smallest absolute Gasteiger partial charge is 0.255 e. The van der Waals surface area contributed by atoms with E-state index in [9.17, 15) is 13.2 Å². The van der Waals surface area contributed by atoms with Crippen molar-refractivity contribution >= 4 is 21.4 Å². The fourth-order valence-electron chi connectivity index (χ4n) is 2.34. The molecule has 132 valence electrons. The molecule has 3 rings (SSSR count). The zero-order valence-electron chi connectivity index (χ0n) is 14.3. The quantitative estimate of drug-likeness (QED) is 0.765. The number of carbonyl (C=O) groups is 1. The van der Waals surface area contributed by atoms with E-state index in [1.165, 1.54) is 6.07 Å². The number of aromatic nitrogens is 2. The van der Waals surface area contributed by atoms with Crippen LogP contribution in [-0.2, 0) is 9.84 Å². The van der Waals surface area contributed by atoms with Crippen LogP contribution in [0.4, 0.5) is 5.69 Å². The van der Waals surface area contributed by atoms with Gasteiger partial charge in [-0.1, -0.05) is 29.8 Å². The number of anilines is 1. The molecule has 0 bridgehead atoms. The molecule has 2 aromatic carbocycles. The highest BCUT2D eigenvalue weighted by Gasteiger charge is 2.11. The van der Waals surface area contributed by atoms with E-state index in [0.29, 0.717) is 16.9 Å². The number of benzene rings is 2. The van der Waals surface area contributed by atoms with Gasteiger partial charge in [-0.15, -0.1) is 10.2 Å². The Morgan fingerprint density at radius 2 is 1.69 bits per heavy atom. The molecule has 0 fully saturated rings. The third kappa shape index (κ3) is 4.12. The van der Waals surface area contributed by atoms with Gasteiger partial charge in [-0.25, -0.2) is 8.42 Å². The summed E-state index contributed by atoms with van der Waals surface area (Å²) in [4.78, 5) is 12.3. The highest BCUT2D eigenvalue weighted by Crippen LogP contribution is 2.21. The molecule has 1 N–H and O–H groups in total. The van der Waals surface area contributed by atoms with Gasteiger partial charge in [-0.05, 0) is 43.3 Å². The molecular formula is C19H17N3O3S. The molecule has 0 aliphatic rings. The second kappa shape index (κ2) is 7.05. The lowest BCUT2D eigenvalue weighted by atomic mass is 10.1. The molecule has 0 unspecified atom stereocenters. The second-order valence-electron chi connectivity index (χ2n) is 5.93. The Balaban J connectivity index is 1.82. The maximum absolute atomic E-state index is 12.3. The van der Waals surface area contributed by atoms with E-state index in [4.69, 9.17) is 0 Å². The third-order valence-electron chi connectivity index (χ3n) is 3.75. The number of sulfone groups is 1. The summed E-state index contributed by atoms with van der Waals surface area (Å²) in [6, 6.07) is 17.4. The van der Waals surface area contributed by atoms with Crippen molar-refractivity contribution in [2.75, 3.05) is 11.6 Å². The average Bonchev–Trinajstić information content (AvgIpc) is 2.62. The summed E-state index contributed by atoms with van der Waals surface area (Å²) in [6.07, 6.45) is 1.08. The van der Waals surface area contributed by atoms with Crippen molar-refractivity contribution in [3.05, 3.63) is 71.8 Å². The highest BCUT2D eigenvalue weighted by molar-refractivity contribution is 7.90. The number of hydrogen-bond acceptors (Lipinski definition) is 5. The molecule has 1 amide bonds. The van der Waals surface area contributed by atoms with E-state index >= 15 is 0 Å². The molecular weight excluding hydrogens is 350 g/mol. The van der Waals surface area contributed by atoms with Gasteiger partial charge in [0.25, 0.3) is 5.91 Å². The zero-order chi connectivity index (χ0) is 18.7. The van der Waals surface area contributed by atoms with Crippen LogP contribution in [0.25, 0.3) is 11.3 Å². The topological polar surface area (TPSA) is 89.0 Å². The van der Waals surface area contributed by atoms with Gasteiger partial charge in [0, 0.05) is 23.1 Å². The first-order valence-electron chi connectivity index (χ1n) is 7.85. The van der Waals surface area contributed by atoms with Crippen molar-refractivity contribution in [3.8, 4) is 11.3 Å². The van der Waals surface area contributed by atoms with Crippen LogP contribution in [-0.4, -0.2) is 30.8 Å². The number of amides is 1. The molecule has 0 aliphatic heterocycles. The Morgan fingerprint density at radius 3 is 2.31 bits per heavy atom. The van der Waals surface area contributed by atoms with Crippen LogP contribution in [0.1, 0.15) is 15.9 Å².